The summed E-state index contributed by atoms with van der Waals surface area (Å²) in [6.07, 6.45) is 2.05. The van der Waals surface area contributed by atoms with Gasteiger partial charge in [-0.25, -0.2) is 4.39 Å². The van der Waals surface area contributed by atoms with Gasteiger partial charge in [-0.3, -0.25) is 4.79 Å². The average molecular weight is 426 g/mol. The van der Waals surface area contributed by atoms with Gasteiger partial charge in [-0.05, 0) is 73.3 Å². The molecule has 1 aromatic heterocycles. The number of para-hydroxylation sites is 1. The van der Waals surface area contributed by atoms with Crippen LogP contribution < -0.4 is 10.9 Å². The lowest BCUT2D eigenvalue weighted by Gasteiger charge is -2.28. The van der Waals surface area contributed by atoms with Crippen molar-refractivity contribution in [3.8, 4) is 0 Å². The van der Waals surface area contributed by atoms with Crippen LogP contribution in [-0.4, -0.2) is 34.3 Å². The van der Waals surface area contributed by atoms with Crippen LogP contribution in [0.3, 0.4) is 0 Å². The molecule has 4 rings (SSSR count). The van der Waals surface area contributed by atoms with Gasteiger partial charge in [0.15, 0.2) is 5.11 Å². The van der Waals surface area contributed by atoms with Crippen LogP contribution in [0.25, 0.3) is 10.9 Å². The van der Waals surface area contributed by atoms with Crippen molar-refractivity contribution < 1.29 is 9.13 Å². The number of halogens is 1. The van der Waals surface area contributed by atoms with E-state index in [4.69, 9.17) is 17.0 Å². The lowest BCUT2D eigenvalue weighted by molar-refractivity contribution is 0.0904. The second-order valence-electron chi connectivity index (χ2n) is 7.62. The second kappa shape index (κ2) is 8.93. The summed E-state index contributed by atoms with van der Waals surface area (Å²) in [4.78, 5) is 17.7. The highest BCUT2D eigenvalue weighted by Gasteiger charge is 2.22. The van der Waals surface area contributed by atoms with E-state index in [-0.39, 0.29) is 17.5 Å². The molecule has 0 saturated carbocycles. The van der Waals surface area contributed by atoms with Crippen LogP contribution in [0, 0.1) is 12.7 Å². The predicted molar refractivity (Wildman–Crippen MR) is 121 cm³/mol. The first-order valence-corrected chi connectivity index (χ1v) is 10.4. The molecular weight excluding hydrogens is 401 g/mol. The Morgan fingerprint density at radius 3 is 2.83 bits per heavy atom. The first-order valence-electron chi connectivity index (χ1n) is 10.0. The fraction of sp³-hybridized carbons (Fsp3) is 0.304. The van der Waals surface area contributed by atoms with E-state index in [1.807, 2.05) is 36.1 Å². The summed E-state index contributed by atoms with van der Waals surface area (Å²) in [5.74, 6) is -0.305. The fourth-order valence-electron chi connectivity index (χ4n) is 3.74. The Bertz CT molecular complexity index is 1110. The molecule has 1 saturated heterocycles. The quantitative estimate of drug-likeness (QED) is 0.595. The third-order valence-corrected chi connectivity index (χ3v) is 5.72. The molecule has 0 aliphatic carbocycles. The normalized spacial score (nSPS) is 16.0. The number of hydrogen-bond donors (Lipinski definition) is 2. The monoisotopic (exact) mass is 425 g/mol. The highest BCUT2D eigenvalue weighted by atomic mass is 32.1. The molecule has 156 valence electrons. The summed E-state index contributed by atoms with van der Waals surface area (Å²) in [5, 5.41) is 4.61. The summed E-state index contributed by atoms with van der Waals surface area (Å²) in [5.41, 5.74) is 3.08. The molecule has 3 aromatic rings. The molecule has 1 fully saturated rings. The molecule has 1 aliphatic heterocycles. The van der Waals surface area contributed by atoms with Gasteiger partial charge in [-0.1, -0.05) is 18.2 Å². The predicted octanol–water partition coefficient (Wildman–Crippen LogP) is 4.35. The Morgan fingerprint density at radius 2 is 2.10 bits per heavy atom. The summed E-state index contributed by atoms with van der Waals surface area (Å²) < 4.78 is 19.0. The summed E-state index contributed by atoms with van der Waals surface area (Å²) in [7, 11) is 0. The van der Waals surface area contributed by atoms with E-state index in [0.29, 0.717) is 29.5 Å². The van der Waals surface area contributed by atoms with Crippen LogP contribution in [-0.2, 0) is 11.3 Å². The zero-order valence-corrected chi connectivity index (χ0v) is 17.6. The lowest BCUT2D eigenvalue weighted by atomic mass is 10.1. The largest absolute Gasteiger partial charge is 0.376 e. The molecule has 5 nitrogen and oxygen atoms in total. The first kappa shape index (κ1) is 20.5. The number of hydrogen-bond acceptors (Lipinski definition) is 3. The molecule has 0 spiro atoms. The Kier molecular flexibility index (Phi) is 6.11. The molecule has 1 aliphatic rings. The van der Waals surface area contributed by atoms with Crippen LogP contribution in [0.1, 0.15) is 24.0 Å². The van der Waals surface area contributed by atoms with Gasteiger partial charge in [-0.2, -0.15) is 0 Å². The molecule has 2 aromatic carbocycles. The number of benzene rings is 2. The molecule has 2 heterocycles. The van der Waals surface area contributed by atoms with Crippen LogP contribution >= 0.6 is 12.2 Å². The van der Waals surface area contributed by atoms with Crippen LogP contribution in [0.2, 0.25) is 0 Å². The molecule has 2 N–H and O–H groups in total. The van der Waals surface area contributed by atoms with Crippen molar-refractivity contribution in [3.05, 3.63) is 75.8 Å². The van der Waals surface area contributed by atoms with Gasteiger partial charge in [0.1, 0.15) is 5.82 Å². The maximum absolute atomic E-state index is 13.2. The highest BCUT2D eigenvalue weighted by molar-refractivity contribution is 7.80. The number of H-pyrrole nitrogens is 1. The van der Waals surface area contributed by atoms with Gasteiger partial charge in [0.25, 0.3) is 5.56 Å². The average Bonchev–Trinajstić information content (AvgIpc) is 3.24. The molecule has 0 radical (unpaired) electrons. The van der Waals surface area contributed by atoms with E-state index in [1.54, 1.807) is 12.1 Å². The summed E-state index contributed by atoms with van der Waals surface area (Å²) in [6.45, 7) is 3.65. The molecule has 0 amide bonds. The molecule has 1 unspecified atom stereocenters. The minimum absolute atomic E-state index is 0.0692. The third kappa shape index (κ3) is 4.68. The zero-order chi connectivity index (χ0) is 21.1. The van der Waals surface area contributed by atoms with Crippen molar-refractivity contribution in [3.63, 3.8) is 0 Å². The van der Waals surface area contributed by atoms with E-state index >= 15 is 0 Å². The number of rotatable bonds is 5. The van der Waals surface area contributed by atoms with Crippen molar-refractivity contribution in [2.45, 2.75) is 32.4 Å². The molecule has 7 heteroatoms. The van der Waals surface area contributed by atoms with Crippen molar-refractivity contribution in [2.75, 3.05) is 18.5 Å². The van der Waals surface area contributed by atoms with Crippen LogP contribution in [0.5, 0.6) is 0 Å². The number of aromatic nitrogens is 1. The highest BCUT2D eigenvalue weighted by Crippen LogP contribution is 2.19. The lowest BCUT2D eigenvalue weighted by Crippen LogP contribution is -2.40. The zero-order valence-electron chi connectivity index (χ0n) is 16.8. The topological polar surface area (TPSA) is 57.4 Å². The molecule has 1 atom stereocenters. The third-order valence-electron chi connectivity index (χ3n) is 5.36. The smallest absolute Gasteiger partial charge is 0.253 e. The number of pyridine rings is 1. The number of ether oxygens (including phenoxy) is 1. The van der Waals surface area contributed by atoms with Gasteiger partial charge in [0.05, 0.1) is 18.2 Å². The van der Waals surface area contributed by atoms with Crippen LogP contribution in [0.4, 0.5) is 10.1 Å². The van der Waals surface area contributed by atoms with Crippen molar-refractivity contribution >= 4 is 33.9 Å². The summed E-state index contributed by atoms with van der Waals surface area (Å²) >= 11 is 5.64. The number of anilines is 1. The first-order chi connectivity index (χ1) is 14.5. The number of aryl methyl sites for hydroxylation is 1. The Hall–Kier alpha value is -2.77. The minimum Gasteiger partial charge on any atom is -0.376 e. The van der Waals surface area contributed by atoms with Crippen molar-refractivity contribution in [2.24, 2.45) is 0 Å². The molecule has 30 heavy (non-hydrogen) atoms. The SMILES string of the molecule is Cc1cccc2cc(CN(CC3CCCO3)C(=S)Nc3ccc(F)cc3)c(=O)[nH]c12. The van der Waals surface area contributed by atoms with E-state index in [1.165, 1.54) is 12.1 Å². The standard InChI is InChI=1S/C23H24FN3O2S/c1-15-4-2-5-16-12-17(22(28)26-21(15)16)13-27(14-20-6-3-11-29-20)23(30)25-19-9-7-18(24)8-10-19/h2,4-5,7-10,12,20H,3,6,11,13-14H2,1H3,(H,25,30)(H,26,28). The van der Waals surface area contributed by atoms with Crippen LogP contribution in [0.15, 0.2) is 53.3 Å². The Labute approximate surface area is 179 Å². The Balaban J connectivity index is 1.59. The number of thiocarbonyl (C=S) groups is 1. The number of nitrogens with one attached hydrogen (secondary N) is 2. The summed E-state index contributed by atoms with van der Waals surface area (Å²) in [6, 6.07) is 13.9. The molecular formula is C23H24FN3O2S. The van der Waals surface area contributed by atoms with E-state index < -0.39 is 0 Å². The van der Waals surface area contributed by atoms with Gasteiger partial charge in [-0.15, -0.1) is 0 Å². The number of nitrogens with zero attached hydrogens (tertiary/aromatic N) is 1. The number of fused-ring (bicyclic) bond motifs is 1. The maximum Gasteiger partial charge on any atom is 0.253 e. The molecule has 0 bridgehead atoms. The van der Waals surface area contributed by atoms with E-state index in [0.717, 1.165) is 35.9 Å². The van der Waals surface area contributed by atoms with Gasteiger partial charge in [0, 0.05) is 24.4 Å². The second-order valence-corrected chi connectivity index (χ2v) is 8.00. The van der Waals surface area contributed by atoms with E-state index in [9.17, 15) is 9.18 Å². The Morgan fingerprint density at radius 1 is 1.30 bits per heavy atom. The fourth-order valence-corrected chi connectivity index (χ4v) is 4.00. The van der Waals surface area contributed by atoms with Crippen molar-refractivity contribution in [1.82, 2.24) is 9.88 Å². The number of aromatic amines is 1. The van der Waals surface area contributed by atoms with Gasteiger partial charge >= 0.3 is 0 Å². The van der Waals surface area contributed by atoms with E-state index in [2.05, 4.69) is 10.3 Å². The van der Waals surface area contributed by atoms with Crippen molar-refractivity contribution in [1.29, 1.82) is 0 Å². The van der Waals surface area contributed by atoms with Gasteiger partial charge in [0.2, 0.25) is 0 Å². The minimum atomic E-state index is -0.305. The maximum atomic E-state index is 13.2. The van der Waals surface area contributed by atoms with Gasteiger partial charge < -0.3 is 19.9 Å².